The summed E-state index contributed by atoms with van der Waals surface area (Å²) in [5, 5.41) is 3.54. The van der Waals surface area contributed by atoms with Crippen molar-refractivity contribution in [2.45, 2.75) is 11.0 Å². The number of nitrogens with zero attached hydrogens (tertiary/aromatic N) is 3. The molecule has 162 valence electrons. The maximum atomic E-state index is 13.0. The van der Waals surface area contributed by atoms with Gasteiger partial charge < -0.3 is 19.4 Å². The molecule has 7 nitrogen and oxygen atoms in total. The van der Waals surface area contributed by atoms with E-state index in [1.165, 1.54) is 11.8 Å². The molecule has 1 aliphatic heterocycles. The Kier molecular flexibility index (Phi) is 6.04. The highest BCUT2D eigenvalue weighted by atomic mass is 32.2. The summed E-state index contributed by atoms with van der Waals surface area (Å²) < 4.78 is 11.2. The minimum atomic E-state index is -0.167. The quantitative estimate of drug-likeness (QED) is 0.434. The normalized spacial score (nSPS) is 13.9. The number of amides is 1. The maximum Gasteiger partial charge on any atom is 0.257 e. The Hall–Kier alpha value is -3.36. The molecule has 3 heterocycles. The van der Waals surface area contributed by atoms with Crippen LogP contribution in [0.15, 0.2) is 76.5 Å². The second-order valence-corrected chi connectivity index (χ2v) is 8.28. The highest BCUT2D eigenvalue weighted by Gasteiger charge is 2.15. The van der Waals surface area contributed by atoms with Crippen molar-refractivity contribution in [3.8, 4) is 0 Å². The van der Waals surface area contributed by atoms with E-state index >= 15 is 0 Å². The number of carbonyl (C=O) groups is 1. The van der Waals surface area contributed by atoms with Crippen LogP contribution < -0.4 is 10.2 Å². The number of rotatable bonds is 6. The van der Waals surface area contributed by atoms with Gasteiger partial charge in [0.2, 0.25) is 0 Å². The number of nitrogens with one attached hydrogen (secondary N) is 1. The van der Waals surface area contributed by atoms with E-state index in [0.29, 0.717) is 35.4 Å². The largest absolute Gasteiger partial charge is 0.431 e. The van der Waals surface area contributed by atoms with Crippen molar-refractivity contribution in [1.82, 2.24) is 9.97 Å². The SMILES string of the molecule is O=C(Nc1ccc(N2CCOCC2)nc1)c1ccccc1CSc1nc2ccccc2o1. The summed E-state index contributed by atoms with van der Waals surface area (Å²) in [7, 11) is 0. The summed E-state index contributed by atoms with van der Waals surface area (Å²) >= 11 is 1.47. The van der Waals surface area contributed by atoms with Crippen LogP contribution in [0.4, 0.5) is 11.5 Å². The average molecular weight is 447 g/mol. The van der Waals surface area contributed by atoms with E-state index in [4.69, 9.17) is 9.15 Å². The molecule has 0 spiro atoms. The van der Waals surface area contributed by atoms with Crippen LogP contribution in [0.3, 0.4) is 0 Å². The number of hydrogen-bond acceptors (Lipinski definition) is 7. The van der Waals surface area contributed by atoms with E-state index in [-0.39, 0.29) is 5.91 Å². The number of carbonyl (C=O) groups excluding carboxylic acids is 1. The number of pyridine rings is 1. The number of hydrogen-bond donors (Lipinski definition) is 1. The molecule has 8 heteroatoms. The van der Waals surface area contributed by atoms with Crippen LogP contribution in [-0.4, -0.2) is 42.2 Å². The van der Waals surface area contributed by atoms with Gasteiger partial charge in [-0.05, 0) is 35.9 Å². The molecule has 1 aliphatic rings. The summed E-state index contributed by atoms with van der Waals surface area (Å²) in [6.07, 6.45) is 1.69. The van der Waals surface area contributed by atoms with Crippen molar-refractivity contribution in [3.63, 3.8) is 0 Å². The third kappa shape index (κ3) is 4.61. The molecule has 0 unspecified atom stereocenters. The van der Waals surface area contributed by atoms with Gasteiger partial charge in [-0.2, -0.15) is 0 Å². The number of anilines is 2. The number of morpholine rings is 1. The molecular weight excluding hydrogens is 424 g/mol. The van der Waals surface area contributed by atoms with Crippen LogP contribution in [0.5, 0.6) is 0 Å². The van der Waals surface area contributed by atoms with Gasteiger partial charge >= 0.3 is 0 Å². The first-order chi connectivity index (χ1) is 15.8. The fourth-order valence-corrected chi connectivity index (χ4v) is 4.40. The van der Waals surface area contributed by atoms with E-state index < -0.39 is 0 Å². The van der Waals surface area contributed by atoms with Gasteiger partial charge in [0.15, 0.2) is 5.58 Å². The minimum Gasteiger partial charge on any atom is -0.431 e. The predicted molar refractivity (Wildman–Crippen MR) is 125 cm³/mol. The third-order valence-corrected chi connectivity index (χ3v) is 6.11. The zero-order chi connectivity index (χ0) is 21.8. The molecule has 1 fully saturated rings. The molecule has 2 aromatic carbocycles. The molecule has 1 saturated heterocycles. The molecule has 0 bridgehead atoms. The third-order valence-electron chi connectivity index (χ3n) is 5.23. The lowest BCUT2D eigenvalue weighted by molar-refractivity contribution is 0.102. The maximum absolute atomic E-state index is 13.0. The summed E-state index contributed by atoms with van der Waals surface area (Å²) in [5.41, 5.74) is 3.78. The summed E-state index contributed by atoms with van der Waals surface area (Å²) in [4.78, 5) is 24.1. The van der Waals surface area contributed by atoms with Crippen LogP contribution in [0.25, 0.3) is 11.1 Å². The number of para-hydroxylation sites is 2. The van der Waals surface area contributed by atoms with Crippen LogP contribution in [0.1, 0.15) is 15.9 Å². The number of aromatic nitrogens is 2. The van der Waals surface area contributed by atoms with Gasteiger partial charge in [-0.3, -0.25) is 4.79 Å². The first-order valence-corrected chi connectivity index (χ1v) is 11.4. The summed E-state index contributed by atoms with van der Waals surface area (Å²) in [5.74, 6) is 1.30. The lowest BCUT2D eigenvalue weighted by Crippen LogP contribution is -2.36. The van der Waals surface area contributed by atoms with Crippen molar-refractivity contribution >= 4 is 40.3 Å². The molecule has 0 atom stereocenters. The van der Waals surface area contributed by atoms with Gasteiger partial charge in [0.1, 0.15) is 11.3 Å². The lowest BCUT2D eigenvalue weighted by Gasteiger charge is -2.27. The Morgan fingerprint density at radius 3 is 2.66 bits per heavy atom. The number of ether oxygens (including phenoxy) is 1. The smallest absolute Gasteiger partial charge is 0.257 e. The van der Waals surface area contributed by atoms with Gasteiger partial charge in [0.25, 0.3) is 11.1 Å². The molecular formula is C24H22N4O3S. The standard InChI is InChI=1S/C24H22N4O3S/c29-23(26-18-9-10-22(25-15-18)28-11-13-30-14-12-28)19-6-2-1-5-17(19)16-32-24-27-20-7-3-4-8-21(20)31-24/h1-10,15H,11-14,16H2,(H,26,29). The van der Waals surface area contributed by atoms with E-state index in [2.05, 4.69) is 20.2 Å². The first-order valence-electron chi connectivity index (χ1n) is 10.4. The van der Waals surface area contributed by atoms with Crippen molar-refractivity contribution in [1.29, 1.82) is 0 Å². The molecule has 0 saturated carbocycles. The highest BCUT2D eigenvalue weighted by molar-refractivity contribution is 7.98. The number of oxazole rings is 1. The number of thioether (sulfide) groups is 1. The van der Waals surface area contributed by atoms with E-state index in [1.54, 1.807) is 6.20 Å². The summed E-state index contributed by atoms with van der Waals surface area (Å²) in [6.45, 7) is 3.06. The molecule has 1 N–H and O–H groups in total. The Bertz CT molecular complexity index is 1190. The fourth-order valence-electron chi connectivity index (χ4n) is 3.56. The first kappa shape index (κ1) is 20.5. The van der Waals surface area contributed by atoms with Crippen LogP contribution in [-0.2, 0) is 10.5 Å². The Labute approximate surface area is 189 Å². The van der Waals surface area contributed by atoms with Gasteiger partial charge in [-0.25, -0.2) is 9.97 Å². The Morgan fingerprint density at radius 1 is 1.03 bits per heavy atom. The van der Waals surface area contributed by atoms with Crippen LogP contribution in [0.2, 0.25) is 0 Å². The monoisotopic (exact) mass is 446 g/mol. The van der Waals surface area contributed by atoms with Gasteiger partial charge in [0.05, 0.1) is 25.1 Å². The zero-order valence-corrected chi connectivity index (χ0v) is 18.2. The van der Waals surface area contributed by atoms with Gasteiger partial charge in [-0.15, -0.1) is 0 Å². The molecule has 0 radical (unpaired) electrons. The molecule has 4 aromatic rings. The minimum absolute atomic E-state index is 0.167. The topological polar surface area (TPSA) is 80.5 Å². The predicted octanol–water partition coefficient (Wildman–Crippen LogP) is 4.60. The Balaban J connectivity index is 1.26. The van der Waals surface area contributed by atoms with Crippen LogP contribution in [0, 0.1) is 0 Å². The second kappa shape index (κ2) is 9.42. The van der Waals surface area contributed by atoms with Gasteiger partial charge in [0, 0.05) is 24.4 Å². The Morgan fingerprint density at radius 2 is 1.84 bits per heavy atom. The molecule has 32 heavy (non-hydrogen) atoms. The van der Waals surface area contributed by atoms with Crippen molar-refractivity contribution in [2.24, 2.45) is 0 Å². The van der Waals surface area contributed by atoms with E-state index in [9.17, 15) is 4.79 Å². The molecule has 2 aromatic heterocycles. The highest BCUT2D eigenvalue weighted by Crippen LogP contribution is 2.27. The molecule has 1 amide bonds. The van der Waals surface area contributed by atoms with E-state index in [0.717, 1.165) is 35.6 Å². The number of benzene rings is 2. The second-order valence-electron chi connectivity index (χ2n) is 7.35. The van der Waals surface area contributed by atoms with E-state index in [1.807, 2.05) is 60.7 Å². The van der Waals surface area contributed by atoms with Crippen LogP contribution >= 0.6 is 11.8 Å². The number of fused-ring (bicyclic) bond motifs is 1. The average Bonchev–Trinajstić information content (AvgIpc) is 3.27. The summed E-state index contributed by atoms with van der Waals surface area (Å²) in [6, 6.07) is 19.0. The molecule has 5 rings (SSSR count). The van der Waals surface area contributed by atoms with Gasteiger partial charge in [-0.1, -0.05) is 42.1 Å². The lowest BCUT2D eigenvalue weighted by atomic mass is 10.1. The van der Waals surface area contributed by atoms with Crippen molar-refractivity contribution in [2.75, 3.05) is 36.5 Å². The van der Waals surface area contributed by atoms with Crippen molar-refractivity contribution in [3.05, 3.63) is 78.0 Å². The zero-order valence-electron chi connectivity index (χ0n) is 17.4. The molecule has 0 aliphatic carbocycles. The van der Waals surface area contributed by atoms with Crippen molar-refractivity contribution < 1.29 is 13.9 Å². The fraction of sp³-hybridized carbons (Fsp3) is 0.208.